The quantitative estimate of drug-likeness (QED) is 0.128. The fourth-order valence-corrected chi connectivity index (χ4v) is 5.47. The van der Waals surface area contributed by atoms with Crippen LogP contribution in [0, 0.1) is 11.3 Å². The zero-order chi connectivity index (χ0) is 32.1. The number of nitriles is 1. The van der Waals surface area contributed by atoms with Gasteiger partial charge in [-0.05, 0) is 36.6 Å². The van der Waals surface area contributed by atoms with Gasteiger partial charge in [-0.25, -0.2) is 8.78 Å². The minimum absolute atomic E-state index is 0.0529. The second kappa shape index (κ2) is 13.4. The lowest BCUT2D eigenvalue weighted by atomic mass is 10.0. The van der Waals surface area contributed by atoms with Gasteiger partial charge in [0.25, 0.3) is 5.92 Å². The van der Waals surface area contributed by atoms with E-state index in [0.29, 0.717) is 44.0 Å². The Kier molecular flexibility index (Phi) is 9.37. The van der Waals surface area contributed by atoms with Crippen LogP contribution >= 0.6 is 11.6 Å². The first-order chi connectivity index (χ1) is 21.6. The van der Waals surface area contributed by atoms with Crippen LogP contribution in [-0.2, 0) is 4.79 Å². The maximum Gasteiger partial charge on any atom is 0.282 e. The van der Waals surface area contributed by atoms with Crippen molar-refractivity contribution in [1.82, 2.24) is 26.3 Å². The Labute approximate surface area is 265 Å². The molecule has 9 nitrogen and oxygen atoms in total. The Hall–Kier alpha value is -4.92. The SMILES string of the molecule is C=C(/C=C\C=C(/C)C(=O)N1CC(F)(F)C1)[C@H](Nc1cc(Cl)c2ncc(C#N)c(N[C@H](CC)c3ccccc3)c2c1)C1=CNNN1. The molecule has 2 aliphatic rings. The Morgan fingerprint density at radius 1 is 1.27 bits per heavy atom. The highest BCUT2D eigenvalue weighted by molar-refractivity contribution is 6.35. The third kappa shape index (κ3) is 7.09. The van der Waals surface area contributed by atoms with Gasteiger partial charge in [0, 0.05) is 29.0 Å². The molecule has 0 radical (unpaired) electrons. The molecule has 2 aromatic carbocycles. The van der Waals surface area contributed by atoms with Crippen LogP contribution in [0.2, 0.25) is 5.02 Å². The number of likely N-dealkylation sites (tertiary alicyclic amines) is 1. The van der Waals surface area contributed by atoms with E-state index in [0.717, 1.165) is 22.6 Å². The number of alkyl halides is 2. The number of nitrogens with one attached hydrogen (secondary N) is 5. The molecule has 12 heteroatoms. The number of hydrogen-bond acceptors (Lipinski definition) is 8. The van der Waals surface area contributed by atoms with Crippen LogP contribution in [0.5, 0.6) is 0 Å². The molecule has 0 spiro atoms. The highest BCUT2D eigenvalue weighted by Crippen LogP contribution is 2.36. The van der Waals surface area contributed by atoms with Gasteiger partial charge < -0.3 is 26.4 Å². The van der Waals surface area contributed by atoms with Crippen LogP contribution < -0.4 is 27.0 Å². The first-order valence-corrected chi connectivity index (χ1v) is 14.8. The molecule has 0 unspecified atom stereocenters. The molecule has 1 fully saturated rings. The molecule has 1 aromatic heterocycles. The summed E-state index contributed by atoms with van der Waals surface area (Å²) in [5.74, 6) is -3.25. The van der Waals surface area contributed by atoms with Crippen molar-refractivity contribution in [3.8, 4) is 6.07 Å². The summed E-state index contributed by atoms with van der Waals surface area (Å²) in [6, 6.07) is 15.4. The molecule has 3 heterocycles. The third-order valence-corrected chi connectivity index (χ3v) is 7.89. The van der Waals surface area contributed by atoms with Crippen LogP contribution in [0.15, 0.2) is 96.5 Å². The molecule has 0 bridgehead atoms. The molecule has 2 aliphatic heterocycles. The normalized spacial score (nSPS) is 17.0. The molecule has 232 valence electrons. The number of nitrogens with zero attached hydrogens (tertiary/aromatic N) is 3. The van der Waals surface area contributed by atoms with Crippen molar-refractivity contribution in [3.63, 3.8) is 0 Å². The summed E-state index contributed by atoms with van der Waals surface area (Å²) in [7, 11) is 0. The Balaban J connectivity index is 1.43. The van der Waals surface area contributed by atoms with E-state index in [4.69, 9.17) is 11.6 Å². The number of hydrogen-bond donors (Lipinski definition) is 5. The number of aromatic nitrogens is 1. The fraction of sp³-hybridized carbons (Fsp3) is 0.242. The van der Waals surface area contributed by atoms with Crippen LogP contribution in [0.1, 0.15) is 37.4 Å². The smallest absolute Gasteiger partial charge is 0.282 e. The third-order valence-electron chi connectivity index (χ3n) is 7.60. The molecular formula is C33H33ClF2N8O. The topological polar surface area (TPSA) is 117 Å². The molecule has 2 atom stereocenters. The Bertz CT molecular complexity index is 1740. The highest BCUT2D eigenvalue weighted by Gasteiger charge is 2.46. The number of hydrazine groups is 2. The highest BCUT2D eigenvalue weighted by atomic mass is 35.5. The van der Waals surface area contributed by atoms with Crippen molar-refractivity contribution >= 4 is 39.8 Å². The van der Waals surface area contributed by atoms with Gasteiger partial charge in [0.15, 0.2) is 0 Å². The first-order valence-electron chi connectivity index (χ1n) is 14.4. The van der Waals surface area contributed by atoms with Gasteiger partial charge in [0.05, 0.1) is 52.7 Å². The van der Waals surface area contributed by atoms with Crippen molar-refractivity contribution in [1.29, 1.82) is 5.26 Å². The summed E-state index contributed by atoms with van der Waals surface area (Å²) in [4.78, 5) is 18.0. The molecule has 0 aliphatic carbocycles. The van der Waals surface area contributed by atoms with Gasteiger partial charge in [-0.2, -0.15) is 10.8 Å². The summed E-state index contributed by atoms with van der Waals surface area (Å²) < 4.78 is 26.4. The number of carbonyl (C=O) groups excluding carboxylic acids is 1. The van der Waals surface area contributed by atoms with Crippen LogP contribution in [0.3, 0.4) is 0 Å². The van der Waals surface area contributed by atoms with E-state index >= 15 is 0 Å². The summed E-state index contributed by atoms with van der Waals surface area (Å²) in [6.07, 6.45) is 9.01. The molecule has 3 aromatic rings. The summed E-state index contributed by atoms with van der Waals surface area (Å²) in [5, 5.41) is 18.1. The number of benzene rings is 2. The lowest BCUT2D eigenvalue weighted by Gasteiger charge is -2.38. The largest absolute Gasteiger partial charge is 0.377 e. The number of rotatable bonds is 11. The average Bonchev–Trinajstić information content (AvgIpc) is 3.56. The van der Waals surface area contributed by atoms with E-state index in [1.54, 1.807) is 37.4 Å². The van der Waals surface area contributed by atoms with Gasteiger partial charge in [-0.1, -0.05) is 73.7 Å². The van der Waals surface area contributed by atoms with E-state index in [1.165, 1.54) is 6.20 Å². The summed E-state index contributed by atoms with van der Waals surface area (Å²) >= 11 is 6.75. The Morgan fingerprint density at radius 2 is 2.02 bits per heavy atom. The maximum atomic E-state index is 13.2. The zero-order valence-electron chi connectivity index (χ0n) is 24.8. The van der Waals surface area contributed by atoms with Crippen molar-refractivity contribution in [2.24, 2.45) is 0 Å². The minimum Gasteiger partial charge on any atom is -0.377 e. The molecule has 45 heavy (non-hydrogen) atoms. The molecule has 1 amide bonds. The predicted molar refractivity (Wildman–Crippen MR) is 173 cm³/mol. The van der Waals surface area contributed by atoms with E-state index in [1.807, 2.05) is 36.4 Å². The van der Waals surface area contributed by atoms with Gasteiger partial charge in [0.1, 0.15) is 6.07 Å². The van der Waals surface area contributed by atoms with E-state index in [-0.39, 0.29) is 6.04 Å². The van der Waals surface area contributed by atoms with Gasteiger partial charge in [-0.3, -0.25) is 9.78 Å². The van der Waals surface area contributed by atoms with Crippen molar-refractivity contribution in [3.05, 3.63) is 113 Å². The molecule has 5 N–H and O–H groups in total. The second-order valence-electron chi connectivity index (χ2n) is 10.9. The summed E-state index contributed by atoms with van der Waals surface area (Å²) in [5.41, 5.74) is 13.7. The number of fused-ring (bicyclic) bond motifs is 1. The molecular weight excluding hydrogens is 598 g/mol. The lowest BCUT2D eigenvalue weighted by Crippen LogP contribution is -2.58. The number of carbonyl (C=O) groups is 1. The number of amides is 1. The van der Waals surface area contributed by atoms with Crippen molar-refractivity contribution in [2.45, 2.75) is 38.3 Å². The standard InChI is InChI=1S/C33H33ClF2N8O/c1-4-27(22-11-6-5-7-12-22)41-30-23(15-37)16-38-31-25(30)13-24(14-26(31)34)40-29(28-17-39-43-42-28)20(2)9-8-10-21(3)32(45)44-18-33(35,36)19-44/h5-14,16-17,27,29,39-40,42-43H,2,4,18-19H2,1,3H3,(H,38,41)/b9-8-,21-10+/t27-,29+/m1/s1. The average molecular weight is 631 g/mol. The molecule has 0 saturated carbocycles. The maximum absolute atomic E-state index is 13.2. The van der Waals surface area contributed by atoms with E-state index in [9.17, 15) is 18.8 Å². The number of halogens is 3. The van der Waals surface area contributed by atoms with Crippen molar-refractivity contribution < 1.29 is 13.6 Å². The first kappa shape index (κ1) is 31.5. The lowest BCUT2D eigenvalue weighted by molar-refractivity contribution is -0.161. The molecule has 5 rings (SSSR count). The number of pyridine rings is 1. The van der Waals surface area contributed by atoms with Gasteiger partial charge >= 0.3 is 0 Å². The zero-order valence-corrected chi connectivity index (χ0v) is 25.6. The fourth-order valence-electron chi connectivity index (χ4n) is 5.20. The van der Waals surface area contributed by atoms with Gasteiger partial charge in [-0.15, -0.1) is 0 Å². The Morgan fingerprint density at radius 3 is 2.67 bits per heavy atom. The minimum atomic E-state index is -2.82. The van der Waals surface area contributed by atoms with Crippen LogP contribution in [0.4, 0.5) is 20.2 Å². The van der Waals surface area contributed by atoms with E-state index in [2.05, 4.69) is 51.6 Å². The monoisotopic (exact) mass is 630 g/mol. The van der Waals surface area contributed by atoms with E-state index < -0.39 is 31.0 Å². The van der Waals surface area contributed by atoms with Crippen LogP contribution in [0.25, 0.3) is 10.9 Å². The number of allylic oxidation sites excluding steroid dienone is 2. The van der Waals surface area contributed by atoms with Gasteiger partial charge in [0.2, 0.25) is 5.91 Å². The second-order valence-corrected chi connectivity index (χ2v) is 11.3. The number of anilines is 2. The molecule has 1 saturated heterocycles. The van der Waals surface area contributed by atoms with Crippen molar-refractivity contribution in [2.75, 3.05) is 23.7 Å². The summed E-state index contributed by atoms with van der Waals surface area (Å²) in [6.45, 7) is 6.75. The van der Waals surface area contributed by atoms with Crippen LogP contribution in [-0.4, -0.2) is 40.8 Å². The predicted octanol–water partition coefficient (Wildman–Crippen LogP) is 6.09.